The number of H-pyrrole nitrogens is 1. The van der Waals surface area contributed by atoms with Crippen molar-refractivity contribution in [2.45, 2.75) is 13.3 Å². The van der Waals surface area contributed by atoms with E-state index in [1.165, 1.54) is 10.9 Å². The minimum absolute atomic E-state index is 0.597. The van der Waals surface area contributed by atoms with Crippen molar-refractivity contribution in [2.75, 3.05) is 11.9 Å². The molecule has 0 spiro atoms. The molecule has 0 aliphatic rings. The monoisotopic (exact) mass is 406 g/mol. The van der Waals surface area contributed by atoms with Crippen LogP contribution in [-0.4, -0.2) is 31.5 Å². The van der Waals surface area contributed by atoms with Gasteiger partial charge in [0.15, 0.2) is 5.82 Å². The van der Waals surface area contributed by atoms with E-state index in [1.807, 2.05) is 55.7 Å². The van der Waals surface area contributed by atoms with Gasteiger partial charge >= 0.3 is 0 Å². The van der Waals surface area contributed by atoms with Gasteiger partial charge in [-0.1, -0.05) is 18.2 Å². The highest BCUT2D eigenvalue weighted by Gasteiger charge is 2.10. The summed E-state index contributed by atoms with van der Waals surface area (Å²) >= 11 is 0. The van der Waals surface area contributed by atoms with Crippen LogP contribution in [0, 0.1) is 6.92 Å². The molecule has 6 nitrogen and oxygen atoms in total. The quantitative estimate of drug-likeness (QED) is 0.413. The molecule has 6 heteroatoms. The molecule has 0 bridgehead atoms. The largest absolute Gasteiger partial charge is 0.370 e. The summed E-state index contributed by atoms with van der Waals surface area (Å²) in [5.74, 6) is 1.37. The summed E-state index contributed by atoms with van der Waals surface area (Å²) in [5.41, 5.74) is 5.91. The Bertz CT molecular complexity index is 1330. The molecule has 0 radical (unpaired) electrons. The molecule has 0 aliphatic carbocycles. The number of aromatic amines is 1. The van der Waals surface area contributed by atoms with Crippen molar-refractivity contribution in [3.63, 3.8) is 0 Å². The van der Waals surface area contributed by atoms with Crippen LogP contribution in [-0.2, 0) is 6.42 Å². The number of aromatic nitrogens is 5. The Labute approximate surface area is 180 Å². The Hall–Kier alpha value is -4.06. The zero-order chi connectivity index (χ0) is 21.0. The molecule has 5 aromatic rings. The summed E-state index contributed by atoms with van der Waals surface area (Å²) in [6.45, 7) is 2.73. The molecule has 0 amide bonds. The molecular formula is C25H22N6. The fourth-order valence-electron chi connectivity index (χ4n) is 3.68. The molecule has 4 aromatic heterocycles. The molecule has 0 unspecified atom stereocenters. The number of rotatable bonds is 6. The molecule has 5 rings (SSSR count). The molecular weight excluding hydrogens is 384 g/mol. The van der Waals surface area contributed by atoms with Crippen molar-refractivity contribution in [3.05, 3.63) is 90.5 Å². The van der Waals surface area contributed by atoms with E-state index in [0.717, 1.165) is 46.9 Å². The number of anilines is 1. The van der Waals surface area contributed by atoms with E-state index in [0.29, 0.717) is 5.82 Å². The van der Waals surface area contributed by atoms with Crippen molar-refractivity contribution in [1.29, 1.82) is 0 Å². The zero-order valence-corrected chi connectivity index (χ0v) is 17.2. The van der Waals surface area contributed by atoms with E-state index < -0.39 is 0 Å². The predicted octanol–water partition coefficient (Wildman–Crippen LogP) is 5.04. The third-order valence-electron chi connectivity index (χ3n) is 5.19. The van der Waals surface area contributed by atoms with Gasteiger partial charge in [-0.25, -0.2) is 15.0 Å². The number of hydrogen-bond donors (Lipinski definition) is 2. The minimum atomic E-state index is 0.597. The average Bonchev–Trinajstić information content (AvgIpc) is 3.29. The Morgan fingerprint density at radius 3 is 2.71 bits per heavy atom. The number of aryl methyl sites for hydroxylation is 1. The molecule has 1 aromatic carbocycles. The van der Waals surface area contributed by atoms with Gasteiger partial charge < -0.3 is 10.3 Å². The van der Waals surface area contributed by atoms with E-state index in [4.69, 9.17) is 9.97 Å². The number of benzene rings is 1. The second-order valence-electron chi connectivity index (χ2n) is 7.40. The van der Waals surface area contributed by atoms with Crippen LogP contribution in [0.25, 0.3) is 33.7 Å². The SMILES string of the molecule is Cc1cccc(-c2nc(NCCc3cccc4[nH]ccc34)cc(-c3cccnc3)n2)n1. The first kappa shape index (κ1) is 18.9. The third-order valence-corrected chi connectivity index (χ3v) is 5.19. The van der Waals surface area contributed by atoms with Crippen LogP contribution in [0.5, 0.6) is 0 Å². The lowest BCUT2D eigenvalue weighted by molar-refractivity contribution is 1.01. The molecule has 2 N–H and O–H groups in total. The van der Waals surface area contributed by atoms with Gasteiger partial charge in [-0.05, 0) is 55.3 Å². The highest BCUT2D eigenvalue weighted by molar-refractivity contribution is 5.82. The van der Waals surface area contributed by atoms with Crippen molar-refractivity contribution in [1.82, 2.24) is 24.9 Å². The van der Waals surface area contributed by atoms with E-state index in [2.05, 4.69) is 44.5 Å². The Kier molecular flexibility index (Phi) is 5.10. The van der Waals surface area contributed by atoms with Crippen LogP contribution >= 0.6 is 0 Å². The average molecular weight is 406 g/mol. The van der Waals surface area contributed by atoms with E-state index in [9.17, 15) is 0 Å². The maximum absolute atomic E-state index is 4.76. The van der Waals surface area contributed by atoms with Gasteiger partial charge in [-0.3, -0.25) is 4.98 Å². The first-order valence-corrected chi connectivity index (χ1v) is 10.3. The number of pyridine rings is 2. The minimum Gasteiger partial charge on any atom is -0.370 e. The number of nitrogens with zero attached hydrogens (tertiary/aromatic N) is 4. The van der Waals surface area contributed by atoms with Gasteiger partial charge in [-0.2, -0.15) is 0 Å². The van der Waals surface area contributed by atoms with Gasteiger partial charge in [0.05, 0.1) is 5.69 Å². The molecule has 0 saturated carbocycles. The Balaban J connectivity index is 1.44. The van der Waals surface area contributed by atoms with Crippen molar-refractivity contribution in [2.24, 2.45) is 0 Å². The number of hydrogen-bond acceptors (Lipinski definition) is 5. The van der Waals surface area contributed by atoms with Crippen LogP contribution in [0.1, 0.15) is 11.3 Å². The van der Waals surface area contributed by atoms with Crippen molar-refractivity contribution in [3.8, 4) is 22.8 Å². The molecule has 0 fully saturated rings. The molecule has 31 heavy (non-hydrogen) atoms. The molecule has 0 aliphatic heterocycles. The van der Waals surface area contributed by atoms with E-state index in [-0.39, 0.29) is 0 Å². The zero-order valence-electron chi connectivity index (χ0n) is 17.2. The van der Waals surface area contributed by atoms with Gasteiger partial charge in [0.25, 0.3) is 0 Å². The van der Waals surface area contributed by atoms with Crippen LogP contribution in [0.15, 0.2) is 79.3 Å². The van der Waals surface area contributed by atoms with Gasteiger partial charge in [0.1, 0.15) is 11.5 Å². The molecule has 0 saturated heterocycles. The van der Waals surface area contributed by atoms with Gasteiger partial charge in [-0.15, -0.1) is 0 Å². The van der Waals surface area contributed by atoms with Gasteiger partial charge in [0, 0.05) is 53.4 Å². The number of fused-ring (bicyclic) bond motifs is 1. The summed E-state index contributed by atoms with van der Waals surface area (Å²) in [6.07, 6.45) is 6.44. The smallest absolute Gasteiger partial charge is 0.180 e. The Morgan fingerprint density at radius 2 is 1.84 bits per heavy atom. The van der Waals surface area contributed by atoms with Crippen LogP contribution in [0.2, 0.25) is 0 Å². The first-order chi connectivity index (χ1) is 15.3. The standard InChI is InChI=1S/C25H22N6/c1-17-5-2-9-22(29-17)25-30-23(19-7-4-12-26-16-19)15-24(31-25)28-13-10-18-6-3-8-21-20(18)11-14-27-21/h2-9,11-12,14-16,27H,10,13H2,1H3,(H,28,30,31). The maximum Gasteiger partial charge on any atom is 0.180 e. The second-order valence-corrected chi connectivity index (χ2v) is 7.40. The number of nitrogens with one attached hydrogen (secondary N) is 2. The molecule has 152 valence electrons. The summed E-state index contributed by atoms with van der Waals surface area (Å²) in [4.78, 5) is 21.6. The van der Waals surface area contributed by atoms with Crippen molar-refractivity contribution < 1.29 is 0 Å². The lowest BCUT2D eigenvalue weighted by Gasteiger charge is -2.11. The topological polar surface area (TPSA) is 79.4 Å². The second kappa shape index (κ2) is 8.36. The van der Waals surface area contributed by atoms with Gasteiger partial charge in [0.2, 0.25) is 0 Å². The summed E-state index contributed by atoms with van der Waals surface area (Å²) in [5, 5.41) is 4.73. The molecule has 4 heterocycles. The fourth-order valence-corrected chi connectivity index (χ4v) is 3.68. The van der Waals surface area contributed by atoms with E-state index >= 15 is 0 Å². The third kappa shape index (κ3) is 4.14. The van der Waals surface area contributed by atoms with Crippen LogP contribution in [0.4, 0.5) is 5.82 Å². The normalized spacial score (nSPS) is 11.0. The summed E-state index contributed by atoms with van der Waals surface area (Å²) in [7, 11) is 0. The van der Waals surface area contributed by atoms with Crippen LogP contribution in [0.3, 0.4) is 0 Å². The summed E-state index contributed by atoms with van der Waals surface area (Å²) in [6, 6.07) is 20.2. The molecule has 0 atom stereocenters. The Morgan fingerprint density at radius 1 is 0.903 bits per heavy atom. The summed E-state index contributed by atoms with van der Waals surface area (Å²) < 4.78 is 0. The predicted molar refractivity (Wildman–Crippen MR) is 124 cm³/mol. The lowest BCUT2D eigenvalue weighted by Crippen LogP contribution is -2.08. The first-order valence-electron chi connectivity index (χ1n) is 10.3. The maximum atomic E-state index is 4.76. The van der Waals surface area contributed by atoms with E-state index in [1.54, 1.807) is 6.20 Å². The highest BCUT2D eigenvalue weighted by atomic mass is 15.0. The van der Waals surface area contributed by atoms with Crippen molar-refractivity contribution >= 4 is 16.7 Å². The fraction of sp³-hybridized carbons (Fsp3) is 0.120. The van der Waals surface area contributed by atoms with Crippen LogP contribution < -0.4 is 5.32 Å². The highest BCUT2D eigenvalue weighted by Crippen LogP contribution is 2.24. The lowest BCUT2D eigenvalue weighted by atomic mass is 10.1.